The molecule has 0 saturated carbocycles. The van der Waals surface area contributed by atoms with E-state index in [1.807, 2.05) is 0 Å². The van der Waals surface area contributed by atoms with E-state index in [0.717, 1.165) is 0 Å². The van der Waals surface area contributed by atoms with Crippen molar-refractivity contribution in [1.82, 2.24) is 14.5 Å². The Labute approximate surface area is 137 Å². The normalized spacial score (nSPS) is 15.5. The molecule has 1 saturated heterocycles. The number of hydrogen-bond acceptors (Lipinski definition) is 4. The highest BCUT2D eigenvalue weighted by molar-refractivity contribution is 5.83. The Kier molecular flexibility index (Phi) is 4.66. The van der Waals surface area contributed by atoms with E-state index >= 15 is 0 Å². The molecule has 3 rings (SSSR count). The van der Waals surface area contributed by atoms with Gasteiger partial charge in [0.2, 0.25) is 5.91 Å². The van der Waals surface area contributed by atoms with Gasteiger partial charge in [-0.3, -0.25) is 14.2 Å². The lowest BCUT2D eigenvalue weighted by atomic mass is 10.1. The number of ether oxygens (including phenoxy) is 1. The molecule has 1 aliphatic heterocycles. The van der Waals surface area contributed by atoms with E-state index in [4.69, 9.17) is 9.84 Å². The average Bonchev–Trinajstić information content (AvgIpc) is 2.89. The van der Waals surface area contributed by atoms with Crippen molar-refractivity contribution in [2.45, 2.75) is 25.4 Å². The summed E-state index contributed by atoms with van der Waals surface area (Å²) >= 11 is 0. The maximum atomic E-state index is 12.7. The molecular formula is C16H19N3O5. The van der Waals surface area contributed by atoms with Crippen LogP contribution in [0.25, 0.3) is 11.0 Å². The Morgan fingerprint density at radius 3 is 2.71 bits per heavy atom. The molecule has 128 valence electrons. The number of rotatable bonds is 5. The number of hydrogen-bond donors (Lipinski definition) is 2. The zero-order valence-electron chi connectivity index (χ0n) is 13.1. The van der Waals surface area contributed by atoms with Gasteiger partial charge < -0.3 is 19.7 Å². The molecule has 2 N–H and O–H groups in total. The van der Waals surface area contributed by atoms with E-state index in [9.17, 15) is 14.4 Å². The highest BCUT2D eigenvalue weighted by atomic mass is 16.5. The molecule has 2 heterocycles. The number of H-pyrrole nitrogens is 1. The van der Waals surface area contributed by atoms with Crippen LogP contribution >= 0.6 is 0 Å². The van der Waals surface area contributed by atoms with Crippen LogP contribution in [0.5, 0.6) is 0 Å². The molecule has 2 aromatic rings. The summed E-state index contributed by atoms with van der Waals surface area (Å²) in [4.78, 5) is 40.0. The lowest BCUT2D eigenvalue weighted by Crippen LogP contribution is -2.47. The van der Waals surface area contributed by atoms with Crippen LogP contribution in [0.2, 0.25) is 0 Å². The molecule has 1 aromatic heterocycles. The summed E-state index contributed by atoms with van der Waals surface area (Å²) in [6.45, 7) is 0.441. The smallest absolute Gasteiger partial charge is 0.326 e. The predicted molar refractivity (Wildman–Crippen MR) is 85.7 cm³/mol. The Morgan fingerprint density at radius 2 is 2.00 bits per heavy atom. The van der Waals surface area contributed by atoms with Gasteiger partial charge in [0, 0.05) is 19.3 Å². The molecule has 1 amide bonds. The van der Waals surface area contributed by atoms with Gasteiger partial charge in [-0.1, -0.05) is 12.1 Å². The van der Waals surface area contributed by atoms with Crippen molar-refractivity contribution < 1.29 is 19.4 Å². The molecule has 0 atom stereocenters. The zero-order chi connectivity index (χ0) is 17.1. The summed E-state index contributed by atoms with van der Waals surface area (Å²) in [6, 6.07) is 6.90. The van der Waals surface area contributed by atoms with Crippen molar-refractivity contribution in [3.05, 3.63) is 34.7 Å². The molecule has 1 fully saturated rings. The Balaban J connectivity index is 1.85. The summed E-state index contributed by atoms with van der Waals surface area (Å²) in [6.07, 6.45) is 1.20. The molecule has 0 radical (unpaired) electrons. The van der Waals surface area contributed by atoms with Crippen LogP contribution in [-0.4, -0.2) is 57.2 Å². The highest BCUT2D eigenvalue weighted by Gasteiger charge is 2.28. The second-order valence-electron chi connectivity index (χ2n) is 5.79. The van der Waals surface area contributed by atoms with Gasteiger partial charge in [0.1, 0.15) is 13.1 Å². The van der Waals surface area contributed by atoms with Crippen LogP contribution < -0.4 is 5.69 Å². The molecule has 0 spiro atoms. The number of aromatic amines is 1. The monoisotopic (exact) mass is 333 g/mol. The topological polar surface area (TPSA) is 105 Å². The molecule has 8 nitrogen and oxygen atoms in total. The van der Waals surface area contributed by atoms with Crippen LogP contribution in [0.15, 0.2) is 29.1 Å². The maximum Gasteiger partial charge on any atom is 0.326 e. The fourth-order valence-electron chi connectivity index (χ4n) is 3.05. The largest absolute Gasteiger partial charge is 0.480 e. The van der Waals surface area contributed by atoms with Crippen LogP contribution in [0.1, 0.15) is 12.8 Å². The number of benzene rings is 1. The number of aliphatic carboxylic acids is 1. The fraction of sp³-hybridized carbons (Fsp3) is 0.438. The number of nitrogens with one attached hydrogen (secondary N) is 1. The Morgan fingerprint density at radius 1 is 1.29 bits per heavy atom. The molecule has 24 heavy (non-hydrogen) atoms. The Hall–Kier alpha value is -2.61. The average molecular weight is 333 g/mol. The van der Waals surface area contributed by atoms with Crippen molar-refractivity contribution in [2.24, 2.45) is 0 Å². The quantitative estimate of drug-likeness (QED) is 0.825. The van der Waals surface area contributed by atoms with Crippen LogP contribution in [0.4, 0.5) is 0 Å². The molecule has 1 aromatic carbocycles. The van der Waals surface area contributed by atoms with Gasteiger partial charge in [-0.2, -0.15) is 0 Å². The van der Waals surface area contributed by atoms with Crippen molar-refractivity contribution >= 4 is 22.9 Å². The number of carbonyl (C=O) groups excluding carboxylic acids is 1. The van der Waals surface area contributed by atoms with E-state index < -0.39 is 5.97 Å². The molecule has 1 aliphatic rings. The van der Waals surface area contributed by atoms with E-state index in [0.29, 0.717) is 37.1 Å². The minimum Gasteiger partial charge on any atom is -0.480 e. The molecule has 8 heteroatoms. The first-order valence-corrected chi connectivity index (χ1v) is 7.83. The zero-order valence-corrected chi connectivity index (χ0v) is 13.1. The van der Waals surface area contributed by atoms with Gasteiger partial charge in [0.25, 0.3) is 0 Å². The van der Waals surface area contributed by atoms with E-state index in [-0.39, 0.29) is 30.7 Å². The number of imidazole rings is 1. The van der Waals surface area contributed by atoms with Gasteiger partial charge in [-0.15, -0.1) is 0 Å². The number of carbonyl (C=O) groups is 2. The van der Waals surface area contributed by atoms with Gasteiger partial charge in [0.05, 0.1) is 11.0 Å². The summed E-state index contributed by atoms with van der Waals surface area (Å²) in [5, 5.41) is 9.12. The highest BCUT2D eigenvalue weighted by Crippen LogP contribution is 2.16. The van der Waals surface area contributed by atoms with Crippen molar-refractivity contribution in [3.8, 4) is 0 Å². The lowest BCUT2D eigenvalue weighted by molar-refractivity contribution is -0.148. The summed E-state index contributed by atoms with van der Waals surface area (Å²) in [5.41, 5.74) is 0.885. The van der Waals surface area contributed by atoms with Crippen LogP contribution in [-0.2, 0) is 20.9 Å². The minimum absolute atomic E-state index is 0.178. The fourth-order valence-corrected chi connectivity index (χ4v) is 3.05. The van der Waals surface area contributed by atoms with Gasteiger partial charge >= 0.3 is 11.7 Å². The van der Waals surface area contributed by atoms with E-state index in [2.05, 4.69) is 4.98 Å². The third-order valence-electron chi connectivity index (χ3n) is 4.23. The molecule has 0 bridgehead atoms. The number of carboxylic acid groups (broad SMARTS) is 1. The molecule has 0 aliphatic carbocycles. The van der Waals surface area contributed by atoms with E-state index in [1.165, 1.54) is 9.47 Å². The first-order chi connectivity index (χ1) is 11.6. The molecule has 0 unspecified atom stereocenters. The van der Waals surface area contributed by atoms with Gasteiger partial charge in [-0.25, -0.2) is 4.79 Å². The number of carboxylic acids is 1. The van der Waals surface area contributed by atoms with Gasteiger partial charge in [-0.05, 0) is 25.0 Å². The summed E-state index contributed by atoms with van der Waals surface area (Å²) < 4.78 is 6.61. The Bertz CT molecular complexity index is 803. The standard InChI is InChI=1S/C16H19N3O5/c20-14(18(10-15(21)22)11-5-7-24-8-6-11)9-19-13-4-2-1-3-12(13)17-16(19)23/h1-4,11H,5-10H2,(H,17,23)(H,21,22). The first kappa shape index (κ1) is 16.3. The van der Waals surface area contributed by atoms with Crippen molar-refractivity contribution in [2.75, 3.05) is 19.8 Å². The van der Waals surface area contributed by atoms with Gasteiger partial charge in [0.15, 0.2) is 0 Å². The lowest BCUT2D eigenvalue weighted by Gasteiger charge is -2.33. The van der Waals surface area contributed by atoms with Crippen molar-refractivity contribution in [1.29, 1.82) is 0 Å². The number of aromatic nitrogens is 2. The maximum absolute atomic E-state index is 12.7. The number of amides is 1. The SMILES string of the molecule is O=C(O)CN(C(=O)Cn1c(=O)[nH]c2ccccc21)C1CCOCC1. The summed E-state index contributed by atoms with van der Waals surface area (Å²) in [5.74, 6) is -1.45. The predicted octanol–water partition coefficient (Wildman–Crippen LogP) is 0.422. The third kappa shape index (κ3) is 3.33. The number of para-hydroxylation sites is 2. The van der Waals surface area contributed by atoms with E-state index in [1.54, 1.807) is 24.3 Å². The second-order valence-corrected chi connectivity index (χ2v) is 5.79. The second kappa shape index (κ2) is 6.88. The number of nitrogens with zero attached hydrogens (tertiary/aromatic N) is 2. The summed E-state index contributed by atoms with van der Waals surface area (Å²) in [7, 11) is 0. The van der Waals surface area contributed by atoms with Crippen LogP contribution in [0, 0.1) is 0 Å². The number of fused-ring (bicyclic) bond motifs is 1. The minimum atomic E-state index is -1.07. The molecular weight excluding hydrogens is 314 g/mol. The first-order valence-electron chi connectivity index (χ1n) is 7.83. The van der Waals surface area contributed by atoms with Crippen LogP contribution in [0.3, 0.4) is 0 Å². The van der Waals surface area contributed by atoms with Crippen molar-refractivity contribution in [3.63, 3.8) is 0 Å². The third-order valence-corrected chi connectivity index (χ3v) is 4.23.